The van der Waals surface area contributed by atoms with Crippen LogP contribution < -0.4 is 5.32 Å². The average molecular weight is 270 g/mol. The summed E-state index contributed by atoms with van der Waals surface area (Å²) in [6.45, 7) is 8.93. The van der Waals surface area contributed by atoms with Crippen molar-refractivity contribution in [3.05, 3.63) is 34.3 Å². The van der Waals surface area contributed by atoms with Gasteiger partial charge in [0, 0.05) is 16.6 Å². The second kappa shape index (κ2) is 5.66. The van der Waals surface area contributed by atoms with E-state index in [1.165, 1.54) is 5.56 Å². The zero-order valence-electron chi connectivity index (χ0n) is 9.92. The molecule has 0 saturated heterocycles. The number of nitrogens with one attached hydrogen (secondary N) is 1. The summed E-state index contributed by atoms with van der Waals surface area (Å²) in [5, 5.41) is 3.60. The third-order valence-electron chi connectivity index (χ3n) is 2.88. The van der Waals surface area contributed by atoms with Crippen LogP contribution in [0.2, 0.25) is 0 Å². The van der Waals surface area contributed by atoms with Gasteiger partial charge in [0.15, 0.2) is 0 Å². The van der Waals surface area contributed by atoms with E-state index in [0.29, 0.717) is 18.0 Å². The fourth-order valence-electron chi connectivity index (χ4n) is 1.43. The molecule has 0 unspecified atom stereocenters. The zero-order chi connectivity index (χ0) is 11.4. The third kappa shape index (κ3) is 3.96. The molecule has 2 atom stereocenters. The molecule has 15 heavy (non-hydrogen) atoms. The van der Waals surface area contributed by atoms with Crippen molar-refractivity contribution < 1.29 is 0 Å². The maximum Gasteiger partial charge on any atom is 0.0294 e. The molecule has 0 radical (unpaired) electrons. The maximum atomic E-state index is 3.60. The molecular weight excluding hydrogens is 250 g/mol. The van der Waals surface area contributed by atoms with Crippen molar-refractivity contribution in [1.82, 2.24) is 5.32 Å². The van der Waals surface area contributed by atoms with Crippen LogP contribution in [-0.2, 0) is 0 Å². The van der Waals surface area contributed by atoms with Crippen molar-refractivity contribution in [3.63, 3.8) is 0 Å². The fraction of sp³-hybridized carbons (Fsp3) is 0.538. The Bertz CT molecular complexity index is 292. The normalized spacial score (nSPS) is 15.3. The summed E-state index contributed by atoms with van der Waals surface area (Å²) in [5.74, 6) is 0.669. The van der Waals surface area contributed by atoms with E-state index < -0.39 is 0 Å². The molecular formula is C13H20BrN. The molecule has 0 amide bonds. The van der Waals surface area contributed by atoms with E-state index in [1.54, 1.807) is 0 Å². The molecule has 1 nitrogen and oxygen atoms in total. The Labute approximate surface area is 101 Å². The predicted octanol–water partition coefficient (Wildman–Crippen LogP) is 4.14. The Balaban J connectivity index is 2.61. The largest absolute Gasteiger partial charge is 0.307 e. The topological polar surface area (TPSA) is 12.0 Å². The predicted molar refractivity (Wildman–Crippen MR) is 70.0 cm³/mol. The van der Waals surface area contributed by atoms with Gasteiger partial charge in [-0.15, -0.1) is 0 Å². The molecule has 0 aliphatic rings. The minimum absolute atomic E-state index is 0.412. The number of benzene rings is 1. The highest BCUT2D eigenvalue weighted by Gasteiger charge is 2.11. The van der Waals surface area contributed by atoms with Gasteiger partial charge in [-0.2, -0.15) is 0 Å². The third-order valence-corrected chi connectivity index (χ3v) is 3.41. The quantitative estimate of drug-likeness (QED) is 0.866. The van der Waals surface area contributed by atoms with E-state index in [-0.39, 0.29) is 0 Å². The first-order chi connectivity index (χ1) is 7.00. The molecule has 2 heteroatoms. The average Bonchev–Trinajstić information content (AvgIpc) is 2.18. The highest BCUT2D eigenvalue weighted by molar-refractivity contribution is 9.10. The molecule has 1 N–H and O–H groups in total. The zero-order valence-corrected chi connectivity index (χ0v) is 11.5. The van der Waals surface area contributed by atoms with Gasteiger partial charge in [0.25, 0.3) is 0 Å². The maximum absolute atomic E-state index is 3.60. The molecule has 0 saturated carbocycles. The van der Waals surface area contributed by atoms with Crippen LogP contribution >= 0.6 is 15.9 Å². The summed E-state index contributed by atoms with van der Waals surface area (Å²) < 4.78 is 1.13. The highest BCUT2D eigenvalue weighted by atomic mass is 79.9. The first-order valence-corrected chi connectivity index (χ1v) is 6.31. The summed E-state index contributed by atoms with van der Waals surface area (Å²) in [7, 11) is 0. The lowest BCUT2D eigenvalue weighted by Gasteiger charge is -2.23. The van der Waals surface area contributed by atoms with Crippen molar-refractivity contribution in [2.24, 2.45) is 5.92 Å². The molecule has 0 bridgehead atoms. The molecule has 1 aromatic rings. The summed E-state index contributed by atoms with van der Waals surface area (Å²) in [6, 6.07) is 9.46. The molecule has 0 aliphatic carbocycles. The molecule has 0 aliphatic heterocycles. The lowest BCUT2D eigenvalue weighted by molar-refractivity contribution is 0.389. The van der Waals surface area contributed by atoms with Crippen molar-refractivity contribution in [3.8, 4) is 0 Å². The SMILES string of the molecule is CC(C)[C@@H](C)N[C@@H](C)c1ccc(Br)cc1. The first-order valence-electron chi connectivity index (χ1n) is 5.52. The van der Waals surface area contributed by atoms with Crippen LogP contribution in [0.3, 0.4) is 0 Å². The molecule has 1 aromatic carbocycles. The number of hydrogen-bond acceptors (Lipinski definition) is 1. The standard InChI is InChI=1S/C13H20BrN/c1-9(2)10(3)15-11(4)12-5-7-13(14)8-6-12/h5-11,15H,1-4H3/t10-,11+/m1/s1. The smallest absolute Gasteiger partial charge is 0.0294 e. The minimum atomic E-state index is 0.412. The monoisotopic (exact) mass is 269 g/mol. The van der Waals surface area contributed by atoms with Crippen molar-refractivity contribution in [1.29, 1.82) is 0 Å². The van der Waals surface area contributed by atoms with Gasteiger partial charge in [0.2, 0.25) is 0 Å². The van der Waals surface area contributed by atoms with Gasteiger partial charge in [-0.25, -0.2) is 0 Å². The number of halogens is 1. The van der Waals surface area contributed by atoms with Gasteiger partial charge in [0.1, 0.15) is 0 Å². The highest BCUT2D eigenvalue weighted by Crippen LogP contribution is 2.17. The van der Waals surface area contributed by atoms with E-state index in [2.05, 4.69) is 73.2 Å². The van der Waals surface area contributed by atoms with Crippen LogP contribution in [0.4, 0.5) is 0 Å². The summed E-state index contributed by atoms with van der Waals surface area (Å²) in [6.07, 6.45) is 0. The Morgan fingerprint density at radius 3 is 2.00 bits per heavy atom. The van der Waals surface area contributed by atoms with E-state index in [4.69, 9.17) is 0 Å². The summed E-state index contributed by atoms with van der Waals surface area (Å²) >= 11 is 3.45. The van der Waals surface area contributed by atoms with Gasteiger partial charge >= 0.3 is 0 Å². The molecule has 0 aromatic heterocycles. The lowest BCUT2D eigenvalue weighted by Crippen LogP contribution is -2.32. The second-order valence-corrected chi connectivity index (χ2v) is 5.39. The summed E-state index contributed by atoms with van der Waals surface area (Å²) in [5.41, 5.74) is 1.34. The van der Waals surface area contributed by atoms with Gasteiger partial charge in [-0.05, 0) is 37.5 Å². The molecule has 0 spiro atoms. The lowest BCUT2D eigenvalue weighted by atomic mass is 10.0. The van der Waals surface area contributed by atoms with Crippen LogP contribution in [0, 0.1) is 5.92 Å². The van der Waals surface area contributed by atoms with Crippen molar-refractivity contribution in [2.75, 3.05) is 0 Å². The summed E-state index contributed by atoms with van der Waals surface area (Å²) in [4.78, 5) is 0. The Hall–Kier alpha value is -0.340. The van der Waals surface area contributed by atoms with Crippen LogP contribution in [0.1, 0.15) is 39.3 Å². The van der Waals surface area contributed by atoms with Gasteiger partial charge in [-0.3, -0.25) is 0 Å². The van der Waals surface area contributed by atoms with E-state index in [0.717, 1.165) is 4.47 Å². The molecule has 1 rings (SSSR count). The molecule has 0 fully saturated rings. The number of hydrogen-bond donors (Lipinski definition) is 1. The Morgan fingerprint density at radius 1 is 1.00 bits per heavy atom. The van der Waals surface area contributed by atoms with E-state index in [9.17, 15) is 0 Å². The van der Waals surface area contributed by atoms with Crippen molar-refractivity contribution in [2.45, 2.75) is 39.8 Å². The van der Waals surface area contributed by atoms with Crippen LogP contribution in [0.5, 0.6) is 0 Å². The van der Waals surface area contributed by atoms with Gasteiger partial charge in [-0.1, -0.05) is 41.9 Å². The first kappa shape index (κ1) is 12.7. The fourth-order valence-corrected chi connectivity index (χ4v) is 1.70. The number of rotatable bonds is 4. The molecule has 0 heterocycles. The van der Waals surface area contributed by atoms with E-state index in [1.807, 2.05) is 0 Å². The second-order valence-electron chi connectivity index (χ2n) is 4.47. The molecule has 84 valence electrons. The van der Waals surface area contributed by atoms with Crippen LogP contribution in [-0.4, -0.2) is 6.04 Å². The Kier molecular flexibility index (Phi) is 4.81. The Morgan fingerprint density at radius 2 is 1.53 bits per heavy atom. The minimum Gasteiger partial charge on any atom is -0.307 e. The van der Waals surface area contributed by atoms with Crippen LogP contribution in [0.25, 0.3) is 0 Å². The van der Waals surface area contributed by atoms with Crippen LogP contribution in [0.15, 0.2) is 28.7 Å². The van der Waals surface area contributed by atoms with Gasteiger partial charge in [0.05, 0.1) is 0 Å². The van der Waals surface area contributed by atoms with Crippen molar-refractivity contribution >= 4 is 15.9 Å². The van der Waals surface area contributed by atoms with E-state index >= 15 is 0 Å². The van der Waals surface area contributed by atoms with Gasteiger partial charge < -0.3 is 5.32 Å².